The largest absolute Gasteiger partial charge is 0.329 e. The Bertz CT molecular complexity index is 804. The van der Waals surface area contributed by atoms with Crippen molar-refractivity contribution in [3.8, 4) is 0 Å². The molecule has 3 rings (SSSR count). The van der Waals surface area contributed by atoms with Crippen molar-refractivity contribution in [1.29, 1.82) is 0 Å². The molecule has 0 aliphatic carbocycles. The van der Waals surface area contributed by atoms with E-state index in [1.165, 1.54) is 11.3 Å². The monoisotopic (exact) mass is 314 g/mol. The van der Waals surface area contributed by atoms with E-state index in [1.54, 1.807) is 18.2 Å². The van der Waals surface area contributed by atoms with Gasteiger partial charge in [0.2, 0.25) is 0 Å². The molecule has 0 amide bonds. The highest BCUT2D eigenvalue weighted by atomic mass is 35.5. The Hall–Kier alpha value is -1.79. The molecule has 2 nitrogen and oxygen atoms in total. The van der Waals surface area contributed by atoms with Gasteiger partial charge in [0.25, 0.3) is 0 Å². The molecule has 0 aliphatic rings. The van der Waals surface area contributed by atoms with Crippen LogP contribution >= 0.6 is 22.9 Å². The van der Waals surface area contributed by atoms with Crippen LogP contribution in [0.25, 0.3) is 10.2 Å². The van der Waals surface area contributed by atoms with Crippen molar-refractivity contribution in [1.82, 2.24) is 4.98 Å². The highest BCUT2D eigenvalue weighted by Gasteiger charge is 2.12. The third-order valence-corrected chi connectivity index (χ3v) is 3.79. The summed E-state index contributed by atoms with van der Waals surface area (Å²) in [4.78, 5) is 4.20. The molecule has 0 spiro atoms. The molecule has 0 saturated heterocycles. The number of aromatic nitrogens is 1. The summed E-state index contributed by atoms with van der Waals surface area (Å²) in [5, 5.41) is 3.54. The van der Waals surface area contributed by atoms with Crippen molar-refractivity contribution in [3.63, 3.8) is 0 Å². The number of anilines is 2. The minimum atomic E-state index is -1.23. The van der Waals surface area contributed by atoms with Gasteiger partial charge in [0.15, 0.2) is 16.8 Å². The van der Waals surface area contributed by atoms with Gasteiger partial charge in [-0.2, -0.15) is 0 Å². The summed E-state index contributed by atoms with van der Waals surface area (Å²) in [6.45, 7) is 0. The molecule has 7 heteroatoms. The molecule has 0 bridgehead atoms. The fourth-order valence-corrected chi connectivity index (χ4v) is 2.71. The zero-order valence-corrected chi connectivity index (χ0v) is 11.3. The van der Waals surface area contributed by atoms with Gasteiger partial charge in [-0.3, -0.25) is 0 Å². The molecular weight excluding hydrogens is 309 g/mol. The second kappa shape index (κ2) is 4.96. The molecule has 3 aromatic rings. The Morgan fingerprint density at radius 2 is 1.75 bits per heavy atom. The van der Waals surface area contributed by atoms with Gasteiger partial charge in [-0.25, -0.2) is 18.2 Å². The van der Waals surface area contributed by atoms with E-state index in [2.05, 4.69) is 10.3 Å². The maximum Gasteiger partial charge on any atom is 0.188 e. The summed E-state index contributed by atoms with van der Waals surface area (Å²) in [6.07, 6.45) is 0. The lowest BCUT2D eigenvalue weighted by molar-refractivity contribution is 0.496. The number of nitrogens with zero attached hydrogens (tertiary/aromatic N) is 1. The molecule has 0 radical (unpaired) electrons. The number of rotatable bonds is 2. The predicted molar refractivity (Wildman–Crippen MR) is 74.2 cm³/mol. The van der Waals surface area contributed by atoms with Gasteiger partial charge in [0, 0.05) is 17.2 Å². The number of fused-ring (bicyclic) bond motifs is 1. The van der Waals surface area contributed by atoms with Crippen molar-refractivity contribution in [2.75, 3.05) is 5.32 Å². The Kier molecular flexibility index (Phi) is 3.27. The smallest absolute Gasteiger partial charge is 0.188 e. The van der Waals surface area contributed by atoms with Gasteiger partial charge in [-0.05, 0) is 18.2 Å². The van der Waals surface area contributed by atoms with Crippen LogP contribution in [0.2, 0.25) is 5.02 Å². The van der Waals surface area contributed by atoms with Crippen LogP contribution in [0, 0.1) is 17.5 Å². The molecule has 0 fully saturated rings. The van der Waals surface area contributed by atoms with Gasteiger partial charge >= 0.3 is 0 Å². The van der Waals surface area contributed by atoms with Gasteiger partial charge in [-0.1, -0.05) is 22.9 Å². The standard InChI is InChI=1S/C13H6ClF3N2S/c14-6-1-2-12-11(3-6)19-13(20-12)18-10-5-8(16)7(15)4-9(10)17/h1-5H,(H,18,19). The maximum absolute atomic E-state index is 13.5. The molecule has 102 valence electrons. The van der Waals surface area contributed by atoms with Crippen LogP contribution in [0.5, 0.6) is 0 Å². The van der Waals surface area contributed by atoms with E-state index in [9.17, 15) is 13.2 Å². The minimum Gasteiger partial charge on any atom is -0.329 e. The molecule has 0 atom stereocenters. The molecule has 1 N–H and O–H groups in total. The first-order valence-electron chi connectivity index (χ1n) is 5.50. The van der Waals surface area contributed by atoms with Crippen LogP contribution < -0.4 is 5.32 Å². The number of nitrogens with one attached hydrogen (secondary N) is 1. The van der Waals surface area contributed by atoms with Crippen LogP contribution in [-0.2, 0) is 0 Å². The minimum absolute atomic E-state index is 0.172. The average molecular weight is 315 g/mol. The fourth-order valence-electron chi connectivity index (χ4n) is 1.69. The molecule has 1 heterocycles. The molecule has 0 unspecified atom stereocenters. The van der Waals surface area contributed by atoms with E-state index in [0.29, 0.717) is 21.7 Å². The number of hydrogen-bond donors (Lipinski definition) is 1. The number of halogens is 4. The van der Waals surface area contributed by atoms with Crippen molar-refractivity contribution in [2.24, 2.45) is 0 Å². The summed E-state index contributed by atoms with van der Waals surface area (Å²) in [7, 11) is 0. The maximum atomic E-state index is 13.5. The quantitative estimate of drug-likeness (QED) is 0.665. The van der Waals surface area contributed by atoms with Gasteiger partial charge in [0.05, 0.1) is 15.9 Å². The number of benzene rings is 2. The molecule has 0 saturated carbocycles. The molecule has 1 aromatic heterocycles. The number of hydrogen-bond acceptors (Lipinski definition) is 3. The van der Waals surface area contributed by atoms with Crippen LogP contribution in [-0.4, -0.2) is 4.98 Å². The summed E-state index contributed by atoms with van der Waals surface area (Å²) < 4.78 is 40.3. The van der Waals surface area contributed by atoms with Crippen LogP contribution in [0.3, 0.4) is 0 Å². The molecule has 0 aliphatic heterocycles. The van der Waals surface area contributed by atoms with E-state index >= 15 is 0 Å². The highest BCUT2D eigenvalue weighted by Crippen LogP contribution is 2.31. The lowest BCUT2D eigenvalue weighted by Gasteiger charge is -2.04. The first-order chi connectivity index (χ1) is 9.52. The van der Waals surface area contributed by atoms with Gasteiger partial charge < -0.3 is 5.32 Å². The zero-order chi connectivity index (χ0) is 14.3. The Labute approximate surface area is 120 Å². The van der Waals surface area contributed by atoms with Gasteiger partial charge in [0.1, 0.15) is 5.82 Å². The summed E-state index contributed by atoms with van der Waals surface area (Å²) in [6, 6.07) is 6.40. The van der Waals surface area contributed by atoms with Crippen molar-refractivity contribution >= 4 is 44.0 Å². The SMILES string of the molecule is Fc1cc(F)c(Nc2nc3cc(Cl)ccc3s2)cc1F. The third-order valence-electron chi connectivity index (χ3n) is 2.60. The van der Waals surface area contributed by atoms with Crippen molar-refractivity contribution in [3.05, 3.63) is 52.8 Å². The topological polar surface area (TPSA) is 24.9 Å². The zero-order valence-electron chi connectivity index (χ0n) is 9.75. The fraction of sp³-hybridized carbons (Fsp3) is 0. The Morgan fingerprint density at radius 1 is 1.00 bits per heavy atom. The highest BCUT2D eigenvalue weighted by molar-refractivity contribution is 7.22. The van der Waals surface area contributed by atoms with E-state index in [0.717, 1.165) is 10.8 Å². The Morgan fingerprint density at radius 3 is 2.55 bits per heavy atom. The second-order valence-corrected chi connectivity index (χ2v) is 5.47. The first-order valence-corrected chi connectivity index (χ1v) is 6.70. The van der Waals surface area contributed by atoms with E-state index in [-0.39, 0.29) is 5.69 Å². The normalized spacial score (nSPS) is 11.0. The van der Waals surface area contributed by atoms with Gasteiger partial charge in [-0.15, -0.1) is 0 Å². The van der Waals surface area contributed by atoms with Crippen LogP contribution in [0.1, 0.15) is 0 Å². The van der Waals surface area contributed by atoms with Crippen molar-refractivity contribution < 1.29 is 13.2 Å². The van der Waals surface area contributed by atoms with Crippen molar-refractivity contribution in [2.45, 2.75) is 0 Å². The van der Waals surface area contributed by atoms with Crippen LogP contribution in [0.4, 0.5) is 24.0 Å². The summed E-state index contributed by atoms with van der Waals surface area (Å²) in [5.74, 6) is -3.25. The number of thiazole rings is 1. The Balaban J connectivity index is 1.99. The van der Waals surface area contributed by atoms with E-state index < -0.39 is 17.5 Å². The lowest BCUT2D eigenvalue weighted by atomic mass is 10.3. The average Bonchev–Trinajstić information content (AvgIpc) is 2.77. The lowest BCUT2D eigenvalue weighted by Crippen LogP contribution is -1.96. The third kappa shape index (κ3) is 2.44. The van der Waals surface area contributed by atoms with Crippen LogP contribution in [0.15, 0.2) is 30.3 Å². The predicted octanol–water partition coefficient (Wildman–Crippen LogP) is 5.11. The summed E-state index contributed by atoms with van der Waals surface area (Å²) in [5.41, 5.74) is 0.474. The van der Waals surface area contributed by atoms with E-state index in [4.69, 9.17) is 11.6 Å². The first kappa shape index (κ1) is 13.2. The van der Waals surface area contributed by atoms with E-state index in [1.807, 2.05) is 0 Å². The molecule has 20 heavy (non-hydrogen) atoms. The summed E-state index contributed by atoms with van der Waals surface area (Å²) >= 11 is 7.10. The molecular formula is C13H6ClF3N2S. The second-order valence-electron chi connectivity index (χ2n) is 4.00. The molecule has 2 aromatic carbocycles.